The van der Waals surface area contributed by atoms with E-state index in [-0.39, 0.29) is 13.0 Å². The van der Waals surface area contributed by atoms with E-state index < -0.39 is 15.0 Å². The van der Waals surface area contributed by atoms with E-state index in [1.54, 1.807) is 12.2 Å². The molecule has 0 saturated heterocycles. The van der Waals surface area contributed by atoms with E-state index in [4.69, 9.17) is 14.6 Å². The van der Waals surface area contributed by atoms with E-state index in [9.17, 15) is 8.42 Å². The number of nitrogens with two attached hydrogens (primary N) is 1. The van der Waals surface area contributed by atoms with Crippen LogP contribution >= 0.6 is 0 Å². The van der Waals surface area contributed by atoms with Crippen LogP contribution in [0, 0.1) is 0 Å². The van der Waals surface area contributed by atoms with E-state index in [1.165, 1.54) is 13.2 Å². The van der Waals surface area contributed by atoms with Gasteiger partial charge in [0.1, 0.15) is 5.76 Å². The number of hydrogen-bond donors (Lipinski definition) is 1. The summed E-state index contributed by atoms with van der Waals surface area (Å²) in [5.74, 6) is 0.590. The van der Waals surface area contributed by atoms with Crippen LogP contribution in [-0.2, 0) is 26.1 Å². The zero-order valence-electron chi connectivity index (χ0n) is 11.2. The van der Waals surface area contributed by atoms with E-state index in [1.807, 2.05) is 30.3 Å². The summed E-state index contributed by atoms with van der Waals surface area (Å²) >= 11 is 0. The van der Waals surface area contributed by atoms with Gasteiger partial charge in [0, 0.05) is 6.42 Å². The predicted octanol–water partition coefficient (Wildman–Crippen LogP) is 1.68. The lowest BCUT2D eigenvalue weighted by atomic mass is 10.1. The summed E-state index contributed by atoms with van der Waals surface area (Å²) in [6, 6.07) is 9.33. The molecule has 1 atom stereocenters. The van der Waals surface area contributed by atoms with Gasteiger partial charge in [-0.05, 0) is 23.8 Å². The Balaban J connectivity index is 2.19. The minimum absolute atomic E-state index is 0.123. The highest BCUT2D eigenvalue weighted by molar-refractivity contribution is 7.90. The molecule has 0 bridgehead atoms. The van der Waals surface area contributed by atoms with Crippen LogP contribution < -0.4 is 5.14 Å². The Hall–Kier alpha value is -1.63. The quantitative estimate of drug-likeness (QED) is 0.896. The summed E-state index contributed by atoms with van der Waals surface area (Å²) < 4.78 is 34.4. The number of rotatable bonds is 5. The average molecular weight is 295 g/mol. The first-order valence-electron chi connectivity index (χ1n) is 6.10. The summed E-state index contributed by atoms with van der Waals surface area (Å²) in [5, 5.41) is 5.32. The lowest BCUT2D eigenvalue weighted by Gasteiger charge is -2.29. The van der Waals surface area contributed by atoms with Gasteiger partial charge in [-0.3, -0.25) is 0 Å². The Kier molecular flexibility index (Phi) is 4.27. The zero-order valence-corrected chi connectivity index (χ0v) is 12.0. The zero-order chi connectivity index (χ0) is 14.6. The first-order valence-corrected chi connectivity index (χ1v) is 7.65. The molecule has 0 spiro atoms. The summed E-state index contributed by atoms with van der Waals surface area (Å²) in [6.07, 6.45) is 4.76. The molecule has 6 heteroatoms. The molecular weight excluding hydrogens is 278 g/mol. The van der Waals surface area contributed by atoms with Crippen molar-refractivity contribution in [1.82, 2.24) is 0 Å². The highest BCUT2D eigenvalue weighted by atomic mass is 32.2. The maximum absolute atomic E-state index is 11.9. The molecule has 0 heterocycles. The van der Waals surface area contributed by atoms with Crippen molar-refractivity contribution in [3.63, 3.8) is 0 Å². The first kappa shape index (κ1) is 14.8. The second-order valence-electron chi connectivity index (χ2n) is 4.48. The highest BCUT2D eigenvalue weighted by Gasteiger charge is 2.41. The van der Waals surface area contributed by atoms with Crippen molar-refractivity contribution in [2.24, 2.45) is 5.14 Å². The molecule has 2 rings (SSSR count). The molecular formula is C14H17NO4S. The molecule has 5 nitrogen and oxygen atoms in total. The summed E-state index contributed by atoms with van der Waals surface area (Å²) in [7, 11) is -2.38. The Morgan fingerprint density at radius 3 is 2.50 bits per heavy atom. The van der Waals surface area contributed by atoms with Crippen molar-refractivity contribution >= 4 is 10.0 Å². The van der Waals surface area contributed by atoms with Gasteiger partial charge in [-0.2, -0.15) is 0 Å². The highest BCUT2D eigenvalue weighted by Crippen LogP contribution is 2.30. The van der Waals surface area contributed by atoms with Crippen molar-refractivity contribution in [3.8, 4) is 0 Å². The van der Waals surface area contributed by atoms with Gasteiger partial charge in [0.25, 0.3) is 0 Å². The van der Waals surface area contributed by atoms with Crippen molar-refractivity contribution in [3.05, 3.63) is 59.9 Å². The van der Waals surface area contributed by atoms with E-state index in [0.29, 0.717) is 5.76 Å². The minimum atomic E-state index is -3.90. The second kappa shape index (κ2) is 5.78. The predicted molar refractivity (Wildman–Crippen MR) is 75.9 cm³/mol. The number of hydrogen-bond acceptors (Lipinski definition) is 4. The molecule has 0 amide bonds. The number of benzene rings is 1. The molecule has 1 aliphatic rings. The normalized spacial score (nSPS) is 22.4. The maximum atomic E-state index is 11.9. The number of methoxy groups -OCH3 is 1. The average Bonchev–Trinajstić information content (AvgIpc) is 2.45. The Morgan fingerprint density at radius 1 is 1.30 bits per heavy atom. The van der Waals surface area contributed by atoms with Crippen LogP contribution in [-0.4, -0.2) is 20.5 Å². The van der Waals surface area contributed by atoms with Gasteiger partial charge in [-0.1, -0.05) is 30.3 Å². The molecule has 1 aromatic carbocycles. The molecule has 20 heavy (non-hydrogen) atoms. The largest absolute Gasteiger partial charge is 0.497 e. The molecule has 0 aliphatic heterocycles. The molecule has 1 aliphatic carbocycles. The summed E-state index contributed by atoms with van der Waals surface area (Å²) in [4.78, 5) is -1.54. The van der Waals surface area contributed by atoms with Crippen molar-refractivity contribution in [2.45, 2.75) is 18.0 Å². The fraction of sp³-hybridized carbons (Fsp3) is 0.286. The van der Waals surface area contributed by atoms with Crippen LogP contribution in [0.3, 0.4) is 0 Å². The van der Waals surface area contributed by atoms with Crippen LogP contribution in [0.1, 0.15) is 12.0 Å². The number of allylic oxidation sites excluding steroid dienone is 1. The Bertz CT molecular complexity index is 622. The van der Waals surface area contributed by atoms with Crippen LogP contribution in [0.25, 0.3) is 0 Å². The van der Waals surface area contributed by atoms with Gasteiger partial charge in [0.05, 0.1) is 13.7 Å². The van der Waals surface area contributed by atoms with Gasteiger partial charge >= 0.3 is 0 Å². The number of primary sulfonamides is 1. The lowest BCUT2D eigenvalue weighted by Crippen LogP contribution is -2.44. The second-order valence-corrected chi connectivity index (χ2v) is 6.26. The number of ether oxygens (including phenoxy) is 2. The molecule has 0 saturated carbocycles. The van der Waals surface area contributed by atoms with Crippen molar-refractivity contribution in [2.75, 3.05) is 7.11 Å². The third kappa shape index (κ3) is 3.09. The van der Waals surface area contributed by atoms with Crippen molar-refractivity contribution < 1.29 is 17.9 Å². The van der Waals surface area contributed by atoms with Gasteiger partial charge in [-0.25, -0.2) is 13.6 Å². The van der Waals surface area contributed by atoms with Crippen LogP contribution in [0.4, 0.5) is 0 Å². The third-order valence-electron chi connectivity index (χ3n) is 3.13. The fourth-order valence-electron chi connectivity index (χ4n) is 1.92. The lowest BCUT2D eigenvalue weighted by molar-refractivity contribution is 0.0387. The Labute approximate surface area is 118 Å². The van der Waals surface area contributed by atoms with Crippen molar-refractivity contribution in [1.29, 1.82) is 0 Å². The fourth-order valence-corrected chi connectivity index (χ4v) is 2.72. The van der Waals surface area contributed by atoms with Crippen LogP contribution in [0.2, 0.25) is 0 Å². The maximum Gasteiger partial charge on any atom is 0.243 e. The Morgan fingerprint density at radius 2 is 2.00 bits per heavy atom. The monoisotopic (exact) mass is 295 g/mol. The topological polar surface area (TPSA) is 78.6 Å². The molecule has 1 aromatic rings. The summed E-state index contributed by atoms with van der Waals surface area (Å²) in [6.45, 7) is 0.164. The summed E-state index contributed by atoms with van der Waals surface area (Å²) in [5.41, 5.74) is 0.880. The molecule has 0 radical (unpaired) electrons. The SMILES string of the molecule is COC1=CCC(OCc2ccccc2)(S(N)(=O)=O)C=C1. The van der Waals surface area contributed by atoms with Gasteiger partial charge in [0.15, 0.2) is 0 Å². The van der Waals surface area contributed by atoms with Gasteiger partial charge in [-0.15, -0.1) is 0 Å². The molecule has 108 valence electrons. The van der Waals surface area contributed by atoms with E-state index in [0.717, 1.165) is 5.56 Å². The first-order chi connectivity index (χ1) is 9.47. The smallest absolute Gasteiger partial charge is 0.243 e. The van der Waals surface area contributed by atoms with Gasteiger partial charge < -0.3 is 9.47 Å². The molecule has 1 unspecified atom stereocenters. The molecule has 2 N–H and O–H groups in total. The van der Waals surface area contributed by atoms with E-state index in [2.05, 4.69) is 0 Å². The molecule has 0 aromatic heterocycles. The van der Waals surface area contributed by atoms with Gasteiger partial charge in [0.2, 0.25) is 15.0 Å². The molecule has 0 fully saturated rings. The van der Waals surface area contributed by atoms with Crippen LogP contribution in [0.15, 0.2) is 54.3 Å². The van der Waals surface area contributed by atoms with E-state index >= 15 is 0 Å². The standard InChI is InChI=1S/C14H17NO4S/c1-18-13-7-9-14(10-8-13,20(15,16)17)19-11-12-5-3-2-4-6-12/h2-9H,10-11H2,1H3,(H2,15,16,17). The number of sulfonamides is 1. The van der Waals surface area contributed by atoms with Crippen LogP contribution in [0.5, 0.6) is 0 Å². The third-order valence-corrected chi connectivity index (χ3v) is 4.52. The minimum Gasteiger partial charge on any atom is -0.497 e.